The van der Waals surface area contributed by atoms with Gasteiger partial charge < -0.3 is 24.0 Å². The molecule has 1 N–H and O–H groups in total. The second-order valence-corrected chi connectivity index (χ2v) is 10.1. The number of carboxylic acids is 1. The van der Waals surface area contributed by atoms with Gasteiger partial charge in [-0.2, -0.15) is 0 Å². The molecule has 1 amide bonds. The molecule has 1 aromatic heterocycles. The predicted molar refractivity (Wildman–Crippen MR) is 143 cm³/mol. The Balaban J connectivity index is 1.65. The molecule has 5 rings (SSSR count). The first-order valence-electron chi connectivity index (χ1n) is 13.0. The molecule has 194 valence electrons. The number of hydrogen-bond acceptors (Lipinski definition) is 4. The number of aromatic carboxylic acids is 1. The monoisotopic (exact) mass is 502 g/mol. The average molecular weight is 503 g/mol. The fraction of sp³-hybridized carbons (Fsp3) is 0.400. The van der Waals surface area contributed by atoms with Gasteiger partial charge in [0.25, 0.3) is 0 Å². The minimum absolute atomic E-state index is 0.0477. The van der Waals surface area contributed by atoms with Crippen molar-refractivity contribution in [1.82, 2.24) is 9.47 Å². The summed E-state index contributed by atoms with van der Waals surface area (Å²) in [4.78, 5) is 26.4. The molecule has 37 heavy (non-hydrogen) atoms. The number of rotatable bonds is 7. The van der Waals surface area contributed by atoms with E-state index >= 15 is 0 Å². The summed E-state index contributed by atoms with van der Waals surface area (Å²) in [7, 11) is 3.48. The summed E-state index contributed by atoms with van der Waals surface area (Å²) in [6, 6.07) is 13.4. The van der Waals surface area contributed by atoms with Gasteiger partial charge in [0.2, 0.25) is 5.91 Å². The number of aromatic nitrogens is 1. The van der Waals surface area contributed by atoms with Gasteiger partial charge in [0.15, 0.2) is 0 Å². The number of fused-ring (bicyclic) bond motifs is 1. The maximum atomic E-state index is 13.0. The van der Waals surface area contributed by atoms with E-state index in [1.165, 1.54) is 5.56 Å². The first-order valence-corrected chi connectivity index (χ1v) is 13.0. The minimum atomic E-state index is -0.980. The molecule has 2 aromatic carbocycles. The number of nitrogens with zero attached hydrogens (tertiary/aromatic N) is 2. The van der Waals surface area contributed by atoms with Crippen LogP contribution < -0.4 is 4.74 Å². The summed E-state index contributed by atoms with van der Waals surface area (Å²) in [5.74, 6) is 0.0744. The van der Waals surface area contributed by atoms with Gasteiger partial charge in [-0.15, -0.1) is 0 Å². The van der Waals surface area contributed by atoms with E-state index in [4.69, 9.17) is 9.47 Å². The highest BCUT2D eigenvalue weighted by atomic mass is 16.5. The quantitative estimate of drug-likeness (QED) is 0.433. The number of benzene rings is 2. The molecule has 0 saturated carbocycles. The molecule has 1 unspecified atom stereocenters. The SMILES string of the molecule is CN(C)C(=O)Cn1c(-c2ccc(OC3CCOCC3)cc2)c(C2CC=CCC2)c2ccc(C(=O)O)cc21. The second kappa shape index (κ2) is 10.8. The van der Waals surface area contributed by atoms with E-state index in [0.717, 1.165) is 73.2 Å². The Morgan fingerprint density at radius 1 is 1.05 bits per heavy atom. The molecule has 0 radical (unpaired) electrons. The van der Waals surface area contributed by atoms with Crippen molar-refractivity contribution in [3.05, 3.63) is 65.7 Å². The Bertz CT molecular complexity index is 1320. The lowest BCUT2D eigenvalue weighted by Crippen LogP contribution is -2.26. The Hall–Kier alpha value is -3.58. The van der Waals surface area contributed by atoms with E-state index in [-0.39, 0.29) is 30.0 Å². The van der Waals surface area contributed by atoms with E-state index in [2.05, 4.69) is 24.3 Å². The fourth-order valence-corrected chi connectivity index (χ4v) is 5.41. The van der Waals surface area contributed by atoms with Gasteiger partial charge in [-0.25, -0.2) is 4.79 Å². The van der Waals surface area contributed by atoms with E-state index in [1.807, 2.05) is 22.8 Å². The molecule has 7 heteroatoms. The van der Waals surface area contributed by atoms with Crippen LogP contribution in [0.3, 0.4) is 0 Å². The van der Waals surface area contributed by atoms with E-state index < -0.39 is 5.97 Å². The molecule has 1 aliphatic carbocycles. The summed E-state index contributed by atoms with van der Waals surface area (Å²) in [5, 5.41) is 10.7. The second-order valence-electron chi connectivity index (χ2n) is 10.1. The van der Waals surface area contributed by atoms with Gasteiger partial charge in [0.1, 0.15) is 18.4 Å². The first-order chi connectivity index (χ1) is 17.9. The van der Waals surface area contributed by atoms with E-state index in [9.17, 15) is 14.7 Å². The number of carbonyl (C=O) groups is 2. The standard InChI is InChI=1S/C30H34N2O5/c1-31(2)27(33)19-32-26-18-22(30(34)35)10-13-25(26)28(20-6-4-3-5-7-20)29(32)21-8-11-23(12-9-21)37-24-14-16-36-17-15-24/h3-4,8-13,18,20,24H,5-7,14-17,19H2,1-2H3,(H,34,35). The number of likely N-dealkylation sites (N-methyl/N-ethyl adjacent to an activating group) is 1. The molecule has 1 saturated heterocycles. The highest BCUT2D eigenvalue weighted by molar-refractivity contribution is 5.99. The molecular formula is C30H34N2O5. The Morgan fingerprint density at radius 3 is 2.46 bits per heavy atom. The van der Waals surface area contributed by atoms with Crippen molar-refractivity contribution >= 4 is 22.8 Å². The normalized spacial score (nSPS) is 18.2. The van der Waals surface area contributed by atoms with Crippen molar-refractivity contribution in [2.45, 2.75) is 50.7 Å². The summed E-state index contributed by atoms with van der Waals surface area (Å²) >= 11 is 0. The Labute approximate surface area is 217 Å². The predicted octanol–water partition coefficient (Wildman–Crippen LogP) is 5.48. The van der Waals surface area contributed by atoms with Crippen LogP contribution in [0.25, 0.3) is 22.2 Å². The van der Waals surface area contributed by atoms with Crippen molar-refractivity contribution in [1.29, 1.82) is 0 Å². The zero-order valence-electron chi connectivity index (χ0n) is 21.5. The topological polar surface area (TPSA) is 81.0 Å². The largest absolute Gasteiger partial charge is 0.490 e. The van der Waals surface area contributed by atoms with Gasteiger partial charge in [-0.1, -0.05) is 18.2 Å². The van der Waals surface area contributed by atoms with Crippen LogP contribution in [0.15, 0.2) is 54.6 Å². The van der Waals surface area contributed by atoms with Gasteiger partial charge in [-0.05, 0) is 72.7 Å². The van der Waals surface area contributed by atoms with Gasteiger partial charge in [0, 0.05) is 32.3 Å². The average Bonchev–Trinajstić information content (AvgIpc) is 3.23. The smallest absolute Gasteiger partial charge is 0.335 e. The van der Waals surface area contributed by atoms with Crippen molar-refractivity contribution in [2.75, 3.05) is 27.3 Å². The van der Waals surface area contributed by atoms with Crippen molar-refractivity contribution < 1.29 is 24.2 Å². The summed E-state index contributed by atoms with van der Waals surface area (Å²) in [6.45, 7) is 1.57. The molecular weight excluding hydrogens is 468 g/mol. The zero-order chi connectivity index (χ0) is 25.9. The van der Waals surface area contributed by atoms with Crippen molar-refractivity contribution in [2.24, 2.45) is 0 Å². The lowest BCUT2D eigenvalue weighted by atomic mass is 9.84. The molecule has 0 spiro atoms. The third-order valence-electron chi connectivity index (χ3n) is 7.42. The van der Waals surface area contributed by atoms with Crippen LogP contribution in [-0.2, 0) is 16.1 Å². The van der Waals surface area contributed by atoms with Crippen molar-refractivity contribution in [3.63, 3.8) is 0 Å². The van der Waals surface area contributed by atoms with Crippen LogP contribution >= 0.6 is 0 Å². The summed E-state index contributed by atoms with van der Waals surface area (Å²) in [5.41, 5.74) is 4.14. The Morgan fingerprint density at radius 2 is 1.81 bits per heavy atom. The van der Waals surface area contributed by atoms with Crippen molar-refractivity contribution in [3.8, 4) is 17.0 Å². The molecule has 2 aliphatic rings. The number of hydrogen-bond donors (Lipinski definition) is 1. The van der Waals surface area contributed by atoms with Crippen LogP contribution in [0.5, 0.6) is 5.75 Å². The van der Waals surface area contributed by atoms with E-state index in [1.54, 1.807) is 31.1 Å². The molecule has 1 fully saturated rings. The molecule has 1 atom stereocenters. The summed E-state index contributed by atoms with van der Waals surface area (Å²) in [6.07, 6.45) is 9.29. The number of amides is 1. The van der Waals surface area contributed by atoms with Gasteiger partial charge in [0.05, 0.1) is 30.0 Å². The van der Waals surface area contributed by atoms with Crippen LogP contribution in [-0.4, -0.2) is 59.9 Å². The van der Waals surface area contributed by atoms with Gasteiger partial charge in [-0.3, -0.25) is 4.79 Å². The zero-order valence-corrected chi connectivity index (χ0v) is 21.5. The van der Waals surface area contributed by atoms with Crippen LogP contribution in [0.2, 0.25) is 0 Å². The number of allylic oxidation sites excluding steroid dienone is 2. The van der Waals surface area contributed by atoms with E-state index in [0.29, 0.717) is 0 Å². The maximum Gasteiger partial charge on any atom is 0.335 e. The fourth-order valence-electron chi connectivity index (χ4n) is 5.41. The molecule has 3 aromatic rings. The molecule has 7 nitrogen and oxygen atoms in total. The third kappa shape index (κ3) is 5.27. The number of carbonyl (C=O) groups excluding carboxylic acids is 1. The first kappa shape index (κ1) is 25.1. The number of ether oxygens (including phenoxy) is 2. The lowest BCUT2D eigenvalue weighted by Gasteiger charge is -2.24. The minimum Gasteiger partial charge on any atom is -0.490 e. The third-order valence-corrected chi connectivity index (χ3v) is 7.42. The van der Waals surface area contributed by atoms with Crippen LogP contribution in [0.4, 0.5) is 0 Å². The van der Waals surface area contributed by atoms with Gasteiger partial charge >= 0.3 is 5.97 Å². The van der Waals surface area contributed by atoms with Crippen LogP contribution in [0, 0.1) is 0 Å². The number of carboxylic acid groups (broad SMARTS) is 1. The molecule has 0 bridgehead atoms. The maximum absolute atomic E-state index is 13.0. The highest BCUT2D eigenvalue weighted by Crippen LogP contribution is 2.43. The highest BCUT2D eigenvalue weighted by Gasteiger charge is 2.27. The Kier molecular flexibility index (Phi) is 7.33. The van der Waals surface area contributed by atoms with Crippen LogP contribution in [0.1, 0.15) is 53.9 Å². The lowest BCUT2D eigenvalue weighted by molar-refractivity contribution is -0.129. The summed E-state index contributed by atoms with van der Waals surface area (Å²) < 4.78 is 13.6. The molecule has 2 heterocycles. The molecule has 1 aliphatic heterocycles.